The summed E-state index contributed by atoms with van der Waals surface area (Å²) in [5, 5.41) is 15.3. The molecule has 0 unspecified atom stereocenters. The number of anilines is 1. The monoisotopic (exact) mass is 498 g/mol. The molecule has 0 atom stereocenters. The van der Waals surface area contributed by atoms with Gasteiger partial charge in [0.05, 0.1) is 4.92 Å². The van der Waals surface area contributed by atoms with Crippen LogP contribution in [0.15, 0.2) is 42.5 Å². The number of nitrogens with zero attached hydrogens (tertiary/aromatic N) is 3. The second-order valence-corrected chi connectivity index (χ2v) is 9.92. The smallest absolute Gasteiger partial charge is 0.293 e. The molecule has 2 saturated heterocycles. The number of likely N-dealkylation sites (tertiary alicyclic amines) is 2. The number of benzene rings is 2. The minimum absolute atomic E-state index is 0.0572. The van der Waals surface area contributed by atoms with Gasteiger partial charge in [0.15, 0.2) is 0 Å². The van der Waals surface area contributed by atoms with Gasteiger partial charge < -0.3 is 15.1 Å². The summed E-state index contributed by atoms with van der Waals surface area (Å²) in [5.74, 6) is 0.565. The number of carbonyl (C=O) groups is 2. The van der Waals surface area contributed by atoms with Crippen LogP contribution in [0.1, 0.15) is 48.5 Å². The summed E-state index contributed by atoms with van der Waals surface area (Å²) < 4.78 is 0. The number of halogens is 1. The highest BCUT2D eigenvalue weighted by atomic mass is 35.5. The van der Waals surface area contributed by atoms with Gasteiger partial charge in [-0.3, -0.25) is 19.7 Å². The number of carbonyl (C=O) groups excluding carboxylic acids is 2. The van der Waals surface area contributed by atoms with Gasteiger partial charge in [-0.15, -0.1) is 0 Å². The molecule has 2 aromatic carbocycles. The molecule has 0 saturated carbocycles. The molecule has 0 aromatic heterocycles. The predicted octanol–water partition coefficient (Wildman–Crippen LogP) is 4.97. The van der Waals surface area contributed by atoms with Crippen molar-refractivity contribution in [3.63, 3.8) is 0 Å². The van der Waals surface area contributed by atoms with E-state index in [1.54, 1.807) is 23.1 Å². The lowest BCUT2D eigenvalue weighted by Gasteiger charge is -2.36. The number of nitro groups is 1. The maximum atomic E-state index is 13.1. The fourth-order valence-electron chi connectivity index (χ4n) is 4.80. The molecule has 2 aliphatic heterocycles. The molecule has 2 aromatic rings. The van der Waals surface area contributed by atoms with Crippen LogP contribution in [0.3, 0.4) is 0 Å². The van der Waals surface area contributed by atoms with Crippen LogP contribution in [0, 0.1) is 22.0 Å². The summed E-state index contributed by atoms with van der Waals surface area (Å²) in [7, 11) is 0. The van der Waals surface area contributed by atoms with Crippen LogP contribution < -0.4 is 5.32 Å². The van der Waals surface area contributed by atoms with Crippen molar-refractivity contribution in [3.05, 3.63) is 68.7 Å². The number of amides is 2. The van der Waals surface area contributed by atoms with E-state index in [-0.39, 0.29) is 29.0 Å². The van der Waals surface area contributed by atoms with Crippen molar-refractivity contribution in [1.29, 1.82) is 0 Å². The summed E-state index contributed by atoms with van der Waals surface area (Å²) in [5.41, 5.74) is 1.26. The Morgan fingerprint density at radius 3 is 2.34 bits per heavy atom. The fourth-order valence-corrected chi connectivity index (χ4v) is 5.00. The molecule has 0 bridgehead atoms. The molecule has 0 aliphatic carbocycles. The van der Waals surface area contributed by atoms with Crippen LogP contribution >= 0.6 is 11.6 Å². The molecule has 8 nitrogen and oxygen atoms in total. The Morgan fingerprint density at radius 2 is 1.69 bits per heavy atom. The first-order valence-electron chi connectivity index (χ1n) is 12.2. The topological polar surface area (TPSA) is 95.8 Å². The van der Waals surface area contributed by atoms with E-state index < -0.39 is 4.92 Å². The quantitative estimate of drug-likeness (QED) is 0.448. The lowest BCUT2D eigenvalue weighted by atomic mass is 9.92. The van der Waals surface area contributed by atoms with Gasteiger partial charge in [0.25, 0.3) is 11.6 Å². The molecule has 35 heavy (non-hydrogen) atoms. The van der Waals surface area contributed by atoms with E-state index in [0.717, 1.165) is 31.5 Å². The minimum atomic E-state index is -0.490. The Kier molecular flexibility index (Phi) is 7.90. The number of nitrogens with one attached hydrogen (secondary N) is 1. The highest BCUT2D eigenvalue weighted by Crippen LogP contribution is 2.29. The van der Waals surface area contributed by atoms with Crippen LogP contribution in [0.25, 0.3) is 0 Å². The molecule has 2 aliphatic rings. The zero-order chi connectivity index (χ0) is 24.9. The normalized spacial score (nSPS) is 17.3. The summed E-state index contributed by atoms with van der Waals surface area (Å²) in [6, 6.07) is 11.8. The summed E-state index contributed by atoms with van der Waals surface area (Å²) in [6.07, 6.45) is 3.34. The molecule has 4 rings (SSSR count). The van der Waals surface area contributed by atoms with Crippen molar-refractivity contribution in [2.24, 2.45) is 11.8 Å². The second kappa shape index (κ2) is 11.1. The van der Waals surface area contributed by atoms with Gasteiger partial charge in [0.1, 0.15) is 5.69 Å². The van der Waals surface area contributed by atoms with Crippen molar-refractivity contribution in [2.75, 3.05) is 31.5 Å². The van der Waals surface area contributed by atoms with Gasteiger partial charge >= 0.3 is 0 Å². The molecular weight excluding hydrogens is 468 g/mol. The number of hydrogen-bond acceptors (Lipinski definition) is 5. The fraction of sp³-hybridized carbons (Fsp3) is 0.462. The van der Waals surface area contributed by atoms with Crippen LogP contribution in [0.2, 0.25) is 5.02 Å². The van der Waals surface area contributed by atoms with Gasteiger partial charge in [-0.25, -0.2) is 0 Å². The van der Waals surface area contributed by atoms with Crippen molar-refractivity contribution in [1.82, 2.24) is 9.80 Å². The molecule has 0 radical (unpaired) electrons. The molecular formula is C26H31ClN4O4. The number of rotatable bonds is 6. The molecule has 1 N–H and O–H groups in total. The van der Waals surface area contributed by atoms with Gasteiger partial charge in [0.2, 0.25) is 5.91 Å². The third-order valence-electron chi connectivity index (χ3n) is 7.10. The number of nitro benzene ring substituents is 1. The van der Waals surface area contributed by atoms with E-state index >= 15 is 0 Å². The molecule has 0 spiro atoms. The van der Waals surface area contributed by atoms with Gasteiger partial charge in [-0.05, 0) is 55.4 Å². The molecule has 186 valence electrons. The van der Waals surface area contributed by atoms with Crippen LogP contribution in [0.4, 0.5) is 11.4 Å². The lowest BCUT2D eigenvalue weighted by molar-refractivity contribution is -0.384. The highest BCUT2D eigenvalue weighted by molar-refractivity contribution is 6.31. The average Bonchev–Trinajstić information content (AvgIpc) is 2.88. The van der Waals surface area contributed by atoms with E-state index in [1.807, 2.05) is 23.1 Å². The Balaban J connectivity index is 1.37. The van der Waals surface area contributed by atoms with Gasteiger partial charge in [0, 0.05) is 55.3 Å². The maximum Gasteiger partial charge on any atom is 0.293 e. The predicted molar refractivity (Wildman–Crippen MR) is 135 cm³/mol. The summed E-state index contributed by atoms with van der Waals surface area (Å²) >= 11 is 6.18. The highest BCUT2D eigenvalue weighted by Gasteiger charge is 2.32. The van der Waals surface area contributed by atoms with Crippen LogP contribution in [-0.4, -0.2) is 52.7 Å². The van der Waals surface area contributed by atoms with E-state index in [0.29, 0.717) is 49.1 Å². The Morgan fingerprint density at radius 1 is 1.03 bits per heavy atom. The zero-order valence-electron chi connectivity index (χ0n) is 19.9. The second-order valence-electron chi connectivity index (χ2n) is 9.51. The number of hydrogen-bond donors (Lipinski definition) is 1. The van der Waals surface area contributed by atoms with E-state index in [2.05, 4.69) is 12.2 Å². The molecule has 2 heterocycles. The van der Waals surface area contributed by atoms with Crippen LogP contribution in [-0.2, 0) is 11.3 Å². The largest absolute Gasteiger partial charge is 0.375 e. The first-order valence-corrected chi connectivity index (χ1v) is 12.5. The van der Waals surface area contributed by atoms with E-state index in [4.69, 9.17) is 11.6 Å². The zero-order valence-corrected chi connectivity index (χ0v) is 20.7. The SMILES string of the molecule is CC1CCN(C(=O)C2CCN(C(=O)c3ccc(NCc4ccccc4Cl)c([N+](=O)[O-])c3)CC2)CC1. The van der Waals surface area contributed by atoms with E-state index in [1.165, 1.54) is 6.07 Å². The van der Waals surface area contributed by atoms with Gasteiger partial charge in [-0.1, -0.05) is 36.7 Å². The molecule has 2 fully saturated rings. The van der Waals surface area contributed by atoms with Crippen molar-refractivity contribution >= 4 is 34.8 Å². The third-order valence-corrected chi connectivity index (χ3v) is 7.46. The third kappa shape index (κ3) is 5.93. The average molecular weight is 499 g/mol. The van der Waals surface area contributed by atoms with Crippen LogP contribution in [0.5, 0.6) is 0 Å². The first kappa shape index (κ1) is 25.0. The van der Waals surface area contributed by atoms with Gasteiger partial charge in [-0.2, -0.15) is 0 Å². The Bertz CT molecular complexity index is 1090. The number of piperidine rings is 2. The standard InChI is InChI=1S/C26H31ClN4O4/c1-18-8-12-29(13-9-18)25(32)19-10-14-30(15-11-19)26(33)20-6-7-23(24(16-20)31(34)35)28-17-21-4-2-3-5-22(21)27/h2-7,16,18-19,28H,8-15,17H2,1H3. The van der Waals surface area contributed by atoms with Crippen molar-refractivity contribution in [2.45, 2.75) is 39.2 Å². The molecule has 9 heteroatoms. The maximum absolute atomic E-state index is 13.1. The van der Waals surface area contributed by atoms with E-state index in [9.17, 15) is 19.7 Å². The van der Waals surface area contributed by atoms with Crippen molar-refractivity contribution < 1.29 is 14.5 Å². The first-order chi connectivity index (χ1) is 16.8. The summed E-state index contributed by atoms with van der Waals surface area (Å²) in [6.45, 7) is 5.13. The van der Waals surface area contributed by atoms with Crippen molar-refractivity contribution in [3.8, 4) is 0 Å². The Labute approximate surface area is 210 Å². The minimum Gasteiger partial charge on any atom is -0.375 e. The molecule has 2 amide bonds. The summed E-state index contributed by atoms with van der Waals surface area (Å²) in [4.78, 5) is 40.9. The lowest BCUT2D eigenvalue weighted by Crippen LogP contribution is -2.46. The Hall–Kier alpha value is -3.13.